The van der Waals surface area contributed by atoms with E-state index in [4.69, 9.17) is 0 Å². The molecule has 0 aliphatic heterocycles. The van der Waals surface area contributed by atoms with Crippen molar-refractivity contribution in [1.29, 1.82) is 0 Å². The van der Waals surface area contributed by atoms with Gasteiger partial charge in [0.1, 0.15) is 0 Å². The Labute approximate surface area is 221 Å². The Kier molecular flexibility index (Phi) is 4.62. The van der Waals surface area contributed by atoms with E-state index in [1.807, 2.05) is 0 Å². The van der Waals surface area contributed by atoms with Crippen molar-refractivity contribution in [3.63, 3.8) is 0 Å². The summed E-state index contributed by atoms with van der Waals surface area (Å²) in [4.78, 5) is 0. The van der Waals surface area contributed by atoms with Crippen LogP contribution >= 0.6 is 0 Å². The predicted molar refractivity (Wildman–Crippen MR) is 165 cm³/mol. The van der Waals surface area contributed by atoms with Crippen molar-refractivity contribution >= 4 is 53.9 Å². The minimum Gasteiger partial charge on any atom is -0.0622 e. The van der Waals surface area contributed by atoms with Gasteiger partial charge in [0.25, 0.3) is 0 Å². The van der Waals surface area contributed by atoms with E-state index in [9.17, 15) is 0 Å². The summed E-state index contributed by atoms with van der Waals surface area (Å²) in [6.45, 7) is 0. The molecule has 0 atom stereocenters. The molecule has 0 aliphatic rings. The normalized spacial score (nSPS) is 11.7. The van der Waals surface area contributed by atoms with E-state index < -0.39 is 0 Å². The first kappa shape index (κ1) is 21.2. The highest BCUT2D eigenvalue weighted by atomic mass is 14.2. The number of fused-ring (bicyclic) bond motifs is 9. The predicted octanol–water partition coefficient (Wildman–Crippen LogP) is 10.8. The molecule has 8 aromatic carbocycles. The van der Waals surface area contributed by atoms with Crippen LogP contribution in [0.2, 0.25) is 0 Å². The average molecular weight is 481 g/mol. The van der Waals surface area contributed by atoms with Gasteiger partial charge in [-0.05, 0) is 94.3 Å². The molecular weight excluding hydrogens is 456 g/mol. The van der Waals surface area contributed by atoms with Crippen molar-refractivity contribution < 1.29 is 0 Å². The van der Waals surface area contributed by atoms with Gasteiger partial charge >= 0.3 is 0 Å². The third-order valence-corrected chi connectivity index (χ3v) is 8.01. The van der Waals surface area contributed by atoms with Gasteiger partial charge in [-0.3, -0.25) is 0 Å². The maximum atomic E-state index is 2.42. The zero-order valence-corrected chi connectivity index (χ0v) is 20.9. The monoisotopic (exact) mass is 480 g/mol. The van der Waals surface area contributed by atoms with Crippen LogP contribution in [0.3, 0.4) is 0 Å². The van der Waals surface area contributed by atoms with Crippen LogP contribution < -0.4 is 0 Å². The van der Waals surface area contributed by atoms with Crippen molar-refractivity contribution in [2.45, 2.75) is 0 Å². The number of hydrogen-bond acceptors (Lipinski definition) is 0. The van der Waals surface area contributed by atoms with E-state index in [-0.39, 0.29) is 0 Å². The molecule has 0 saturated heterocycles. The lowest BCUT2D eigenvalue weighted by molar-refractivity contribution is 1.64. The van der Waals surface area contributed by atoms with Gasteiger partial charge in [0.15, 0.2) is 0 Å². The third kappa shape index (κ3) is 3.17. The Bertz CT molecular complexity index is 2170. The zero-order chi connectivity index (χ0) is 25.1. The number of rotatable bonds is 2. The Hall–Kier alpha value is -4.94. The van der Waals surface area contributed by atoms with Crippen molar-refractivity contribution in [2.24, 2.45) is 0 Å². The molecule has 0 unspecified atom stereocenters. The van der Waals surface area contributed by atoms with Gasteiger partial charge in [-0.1, -0.05) is 127 Å². The van der Waals surface area contributed by atoms with Crippen LogP contribution in [0.1, 0.15) is 0 Å². The van der Waals surface area contributed by atoms with Crippen LogP contribution in [0.5, 0.6) is 0 Å². The molecule has 0 fully saturated rings. The van der Waals surface area contributed by atoms with Gasteiger partial charge in [-0.15, -0.1) is 0 Å². The first-order chi connectivity index (χ1) is 18.8. The minimum atomic E-state index is 1.25. The molecule has 0 radical (unpaired) electrons. The molecule has 0 aromatic heterocycles. The van der Waals surface area contributed by atoms with E-state index in [1.165, 1.54) is 76.1 Å². The fourth-order valence-corrected chi connectivity index (χ4v) is 6.23. The van der Waals surface area contributed by atoms with Crippen LogP contribution in [0.25, 0.3) is 76.1 Å². The molecule has 176 valence electrons. The Morgan fingerprint density at radius 2 is 0.737 bits per heavy atom. The van der Waals surface area contributed by atoms with Crippen LogP contribution in [-0.4, -0.2) is 0 Å². The first-order valence-electron chi connectivity index (χ1n) is 13.2. The van der Waals surface area contributed by atoms with Crippen molar-refractivity contribution in [3.8, 4) is 22.3 Å². The van der Waals surface area contributed by atoms with Crippen LogP contribution in [0.15, 0.2) is 146 Å². The highest BCUT2D eigenvalue weighted by molar-refractivity contribution is 6.33. The van der Waals surface area contributed by atoms with Crippen LogP contribution in [-0.2, 0) is 0 Å². The fourth-order valence-electron chi connectivity index (χ4n) is 6.23. The van der Waals surface area contributed by atoms with Gasteiger partial charge in [0.05, 0.1) is 0 Å². The second-order valence-electron chi connectivity index (χ2n) is 10.1. The zero-order valence-electron chi connectivity index (χ0n) is 20.9. The molecule has 0 N–H and O–H groups in total. The molecule has 0 nitrogen and oxygen atoms in total. The molecule has 0 saturated carbocycles. The van der Waals surface area contributed by atoms with E-state index in [2.05, 4.69) is 146 Å². The van der Waals surface area contributed by atoms with E-state index in [0.29, 0.717) is 0 Å². The van der Waals surface area contributed by atoms with E-state index in [0.717, 1.165) is 0 Å². The van der Waals surface area contributed by atoms with Gasteiger partial charge in [-0.2, -0.15) is 0 Å². The Morgan fingerprint density at radius 1 is 0.263 bits per heavy atom. The standard InChI is InChI=1S/C38H24/c1-2-10-25(11-3-1)26-18-19-28-23-29(21-20-27(28)22-26)36-24-37-32-14-5-4-12-30(32)31-13-6-8-16-34(31)38(37)35-17-9-7-15-33(35)36/h1-24H. The second kappa shape index (κ2) is 8.30. The highest BCUT2D eigenvalue weighted by Gasteiger charge is 2.15. The molecule has 0 heterocycles. The summed E-state index contributed by atoms with van der Waals surface area (Å²) in [5.41, 5.74) is 5.03. The van der Waals surface area contributed by atoms with Gasteiger partial charge in [0, 0.05) is 0 Å². The lowest BCUT2D eigenvalue weighted by atomic mass is 9.87. The molecule has 0 spiro atoms. The summed E-state index contributed by atoms with van der Waals surface area (Å²) in [6, 6.07) is 53.3. The minimum absolute atomic E-state index is 1.25. The van der Waals surface area contributed by atoms with Crippen molar-refractivity contribution in [1.82, 2.24) is 0 Å². The van der Waals surface area contributed by atoms with Crippen LogP contribution in [0, 0.1) is 0 Å². The first-order valence-corrected chi connectivity index (χ1v) is 13.2. The van der Waals surface area contributed by atoms with E-state index in [1.54, 1.807) is 0 Å². The smallest absolute Gasteiger partial charge is 0.00199 e. The number of benzene rings is 8. The summed E-state index contributed by atoms with van der Waals surface area (Å²) < 4.78 is 0. The van der Waals surface area contributed by atoms with Gasteiger partial charge in [0.2, 0.25) is 0 Å². The lowest BCUT2D eigenvalue weighted by Crippen LogP contribution is -1.89. The highest BCUT2D eigenvalue weighted by Crippen LogP contribution is 2.43. The van der Waals surface area contributed by atoms with Crippen LogP contribution in [0.4, 0.5) is 0 Å². The molecule has 0 bridgehead atoms. The Balaban J connectivity index is 1.43. The second-order valence-corrected chi connectivity index (χ2v) is 10.1. The topological polar surface area (TPSA) is 0 Å². The molecule has 38 heavy (non-hydrogen) atoms. The fraction of sp³-hybridized carbons (Fsp3) is 0. The van der Waals surface area contributed by atoms with Gasteiger partial charge < -0.3 is 0 Å². The third-order valence-electron chi connectivity index (χ3n) is 8.01. The molecular formula is C38H24. The largest absolute Gasteiger partial charge is 0.0622 e. The molecule has 8 rings (SSSR count). The lowest BCUT2D eigenvalue weighted by Gasteiger charge is -2.16. The van der Waals surface area contributed by atoms with Crippen molar-refractivity contribution in [3.05, 3.63) is 146 Å². The summed E-state index contributed by atoms with van der Waals surface area (Å²) in [5, 5.41) is 13.0. The SMILES string of the molecule is c1ccc(-c2ccc3cc(-c4cc5c6ccccc6c6ccccc6c5c5ccccc45)ccc3c2)cc1. The average Bonchev–Trinajstić information content (AvgIpc) is 3.00. The molecule has 0 heteroatoms. The van der Waals surface area contributed by atoms with Crippen molar-refractivity contribution in [2.75, 3.05) is 0 Å². The quantitative estimate of drug-likeness (QED) is 0.216. The summed E-state index contributed by atoms with van der Waals surface area (Å²) in [6.07, 6.45) is 0. The summed E-state index contributed by atoms with van der Waals surface area (Å²) in [5.74, 6) is 0. The maximum Gasteiger partial charge on any atom is -0.00199 e. The van der Waals surface area contributed by atoms with E-state index >= 15 is 0 Å². The maximum absolute atomic E-state index is 2.42. The summed E-state index contributed by atoms with van der Waals surface area (Å²) >= 11 is 0. The summed E-state index contributed by atoms with van der Waals surface area (Å²) in [7, 11) is 0. The molecule has 0 amide bonds. The number of hydrogen-bond donors (Lipinski definition) is 0. The Morgan fingerprint density at radius 3 is 1.42 bits per heavy atom. The molecule has 8 aromatic rings. The molecule has 0 aliphatic carbocycles. The van der Waals surface area contributed by atoms with Gasteiger partial charge in [-0.25, -0.2) is 0 Å².